The molecule has 0 N–H and O–H groups in total. The van der Waals surface area contributed by atoms with E-state index in [1.165, 1.54) is 10.6 Å². The van der Waals surface area contributed by atoms with Crippen LogP contribution in [0.4, 0.5) is 0 Å². The second-order valence-corrected chi connectivity index (χ2v) is 4.53. The molecular formula is C12H14N2S. The van der Waals surface area contributed by atoms with Crippen LogP contribution in [-0.4, -0.2) is 15.5 Å². The third-order valence-corrected chi connectivity index (χ3v) is 3.24. The Bertz CT molecular complexity index is 409. The molecule has 78 valence electrons. The van der Waals surface area contributed by atoms with Crippen LogP contribution in [0.2, 0.25) is 0 Å². The molecule has 2 nitrogen and oxygen atoms in total. The van der Waals surface area contributed by atoms with Crippen molar-refractivity contribution in [2.24, 2.45) is 0 Å². The van der Waals surface area contributed by atoms with E-state index in [1.54, 1.807) is 0 Å². The highest BCUT2D eigenvalue weighted by molar-refractivity contribution is 7.99. The average Bonchev–Trinajstić information content (AvgIpc) is 2.66. The van der Waals surface area contributed by atoms with E-state index in [0.717, 1.165) is 12.3 Å². The molecule has 0 atom stereocenters. The molecule has 0 saturated heterocycles. The van der Waals surface area contributed by atoms with Crippen LogP contribution in [0.15, 0.2) is 47.5 Å². The fourth-order valence-electron chi connectivity index (χ4n) is 1.40. The first kappa shape index (κ1) is 10.3. The van der Waals surface area contributed by atoms with E-state index >= 15 is 0 Å². The summed E-state index contributed by atoms with van der Waals surface area (Å²) < 4.78 is 2.04. The zero-order valence-corrected chi connectivity index (χ0v) is 9.57. The average molecular weight is 218 g/mol. The van der Waals surface area contributed by atoms with E-state index in [-0.39, 0.29) is 0 Å². The summed E-state index contributed by atoms with van der Waals surface area (Å²) in [6.07, 6.45) is 1.85. The highest BCUT2D eigenvalue weighted by Crippen LogP contribution is 2.17. The van der Waals surface area contributed by atoms with Gasteiger partial charge in [-0.25, -0.2) is 0 Å². The van der Waals surface area contributed by atoms with Gasteiger partial charge in [-0.1, -0.05) is 18.2 Å². The van der Waals surface area contributed by atoms with Crippen molar-refractivity contribution in [2.45, 2.75) is 18.4 Å². The van der Waals surface area contributed by atoms with Gasteiger partial charge in [-0.05, 0) is 25.1 Å². The van der Waals surface area contributed by atoms with Gasteiger partial charge in [0.1, 0.15) is 0 Å². The first-order valence-electron chi connectivity index (χ1n) is 5.02. The molecule has 0 saturated carbocycles. The molecular weight excluding hydrogens is 204 g/mol. The molecule has 0 spiro atoms. The second-order valence-electron chi connectivity index (χ2n) is 3.36. The van der Waals surface area contributed by atoms with Gasteiger partial charge in [0.25, 0.3) is 0 Å². The lowest BCUT2D eigenvalue weighted by atomic mass is 10.4. The Balaban J connectivity index is 1.83. The molecule has 0 radical (unpaired) electrons. The van der Waals surface area contributed by atoms with Crippen LogP contribution >= 0.6 is 11.8 Å². The molecule has 0 aliphatic heterocycles. The smallest absolute Gasteiger partial charge is 0.0506 e. The minimum atomic E-state index is 0.971. The predicted molar refractivity (Wildman–Crippen MR) is 64.1 cm³/mol. The van der Waals surface area contributed by atoms with Crippen LogP contribution in [0, 0.1) is 6.92 Å². The molecule has 0 unspecified atom stereocenters. The largest absolute Gasteiger partial charge is 0.269 e. The second kappa shape index (κ2) is 5.03. The summed E-state index contributed by atoms with van der Waals surface area (Å²) in [5, 5.41) is 4.25. The van der Waals surface area contributed by atoms with Gasteiger partial charge in [-0.15, -0.1) is 11.8 Å². The van der Waals surface area contributed by atoms with Gasteiger partial charge in [0.15, 0.2) is 0 Å². The molecule has 0 aliphatic carbocycles. The highest BCUT2D eigenvalue weighted by Gasteiger charge is 1.97. The van der Waals surface area contributed by atoms with Crippen LogP contribution in [-0.2, 0) is 6.54 Å². The quantitative estimate of drug-likeness (QED) is 0.734. The molecule has 1 heterocycles. The molecule has 15 heavy (non-hydrogen) atoms. The molecule has 1 aromatic heterocycles. The standard InChI is InChI=1S/C12H14N2S/c1-11-7-8-13-14(11)9-10-15-12-5-3-2-4-6-12/h2-8H,9-10H2,1H3. The third-order valence-electron chi connectivity index (χ3n) is 2.24. The van der Waals surface area contributed by atoms with Crippen LogP contribution in [0.1, 0.15) is 5.69 Å². The summed E-state index contributed by atoms with van der Waals surface area (Å²) in [6.45, 7) is 3.05. The molecule has 0 amide bonds. The molecule has 2 rings (SSSR count). The Hall–Kier alpha value is -1.22. The Kier molecular flexibility index (Phi) is 3.45. The number of hydrogen-bond donors (Lipinski definition) is 0. The zero-order valence-electron chi connectivity index (χ0n) is 8.76. The monoisotopic (exact) mass is 218 g/mol. The summed E-state index contributed by atoms with van der Waals surface area (Å²) in [7, 11) is 0. The topological polar surface area (TPSA) is 17.8 Å². The Morgan fingerprint density at radius 3 is 2.67 bits per heavy atom. The van der Waals surface area contributed by atoms with E-state index in [9.17, 15) is 0 Å². The maximum atomic E-state index is 4.25. The number of rotatable bonds is 4. The first-order valence-corrected chi connectivity index (χ1v) is 6.01. The molecule has 2 aromatic rings. The summed E-state index contributed by atoms with van der Waals surface area (Å²) in [5.41, 5.74) is 1.23. The third kappa shape index (κ3) is 2.86. The number of aromatic nitrogens is 2. The minimum absolute atomic E-state index is 0.971. The van der Waals surface area contributed by atoms with Crippen LogP contribution in [0.25, 0.3) is 0 Å². The normalized spacial score (nSPS) is 10.5. The molecule has 3 heteroatoms. The lowest BCUT2D eigenvalue weighted by Crippen LogP contribution is -2.03. The van der Waals surface area contributed by atoms with Crippen molar-refractivity contribution in [1.29, 1.82) is 0 Å². The van der Waals surface area contributed by atoms with Gasteiger partial charge in [0.05, 0.1) is 6.54 Å². The fraction of sp³-hybridized carbons (Fsp3) is 0.250. The van der Waals surface area contributed by atoms with Gasteiger partial charge in [0, 0.05) is 22.5 Å². The van der Waals surface area contributed by atoms with Gasteiger partial charge in [0.2, 0.25) is 0 Å². The van der Waals surface area contributed by atoms with Crippen molar-refractivity contribution in [3.8, 4) is 0 Å². The van der Waals surface area contributed by atoms with Crippen molar-refractivity contribution < 1.29 is 0 Å². The summed E-state index contributed by atoms with van der Waals surface area (Å²) in [5.74, 6) is 1.06. The minimum Gasteiger partial charge on any atom is -0.269 e. The molecule has 1 aromatic carbocycles. The van der Waals surface area contributed by atoms with E-state index < -0.39 is 0 Å². The number of hydrogen-bond acceptors (Lipinski definition) is 2. The van der Waals surface area contributed by atoms with Crippen molar-refractivity contribution >= 4 is 11.8 Å². The fourth-order valence-corrected chi connectivity index (χ4v) is 2.25. The summed E-state index contributed by atoms with van der Waals surface area (Å²) >= 11 is 1.87. The van der Waals surface area contributed by atoms with Crippen molar-refractivity contribution in [3.05, 3.63) is 48.3 Å². The lowest BCUT2D eigenvalue weighted by Gasteiger charge is -2.04. The summed E-state index contributed by atoms with van der Waals surface area (Å²) in [4.78, 5) is 1.32. The van der Waals surface area contributed by atoms with E-state index in [2.05, 4.69) is 36.3 Å². The van der Waals surface area contributed by atoms with Crippen LogP contribution < -0.4 is 0 Å². The number of benzene rings is 1. The van der Waals surface area contributed by atoms with Crippen LogP contribution in [0.3, 0.4) is 0 Å². The van der Waals surface area contributed by atoms with Crippen molar-refractivity contribution in [3.63, 3.8) is 0 Å². The van der Waals surface area contributed by atoms with Gasteiger partial charge < -0.3 is 0 Å². The van der Waals surface area contributed by atoms with E-state index in [4.69, 9.17) is 0 Å². The van der Waals surface area contributed by atoms with Crippen molar-refractivity contribution in [1.82, 2.24) is 9.78 Å². The Labute approximate surface area is 94.3 Å². The molecule has 0 fully saturated rings. The maximum Gasteiger partial charge on any atom is 0.0506 e. The first-order chi connectivity index (χ1) is 7.36. The summed E-state index contributed by atoms with van der Waals surface area (Å²) in [6, 6.07) is 12.5. The lowest BCUT2D eigenvalue weighted by molar-refractivity contribution is 0.646. The maximum absolute atomic E-state index is 4.25. The predicted octanol–water partition coefficient (Wildman–Crippen LogP) is 2.98. The van der Waals surface area contributed by atoms with Crippen LogP contribution in [0.5, 0.6) is 0 Å². The highest BCUT2D eigenvalue weighted by atomic mass is 32.2. The van der Waals surface area contributed by atoms with E-state index in [1.807, 2.05) is 34.8 Å². The number of thioether (sulfide) groups is 1. The number of nitrogens with zero attached hydrogens (tertiary/aromatic N) is 2. The van der Waals surface area contributed by atoms with E-state index in [0.29, 0.717) is 0 Å². The Morgan fingerprint density at radius 2 is 2.00 bits per heavy atom. The van der Waals surface area contributed by atoms with Gasteiger partial charge in [-0.2, -0.15) is 5.10 Å². The van der Waals surface area contributed by atoms with Gasteiger partial charge >= 0.3 is 0 Å². The number of aryl methyl sites for hydroxylation is 2. The van der Waals surface area contributed by atoms with Gasteiger partial charge in [-0.3, -0.25) is 4.68 Å². The van der Waals surface area contributed by atoms with Crippen molar-refractivity contribution in [2.75, 3.05) is 5.75 Å². The molecule has 0 aliphatic rings. The Morgan fingerprint density at radius 1 is 1.20 bits per heavy atom. The molecule has 0 bridgehead atoms. The zero-order chi connectivity index (χ0) is 10.5. The SMILES string of the molecule is Cc1ccnn1CCSc1ccccc1.